The van der Waals surface area contributed by atoms with Gasteiger partial charge < -0.3 is 5.32 Å². The number of rotatable bonds is 8. The van der Waals surface area contributed by atoms with Crippen molar-refractivity contribution in [1.82, 2.24) is 4.72 Å². The summed E-state index contributed by atoms with van der Waals surface area (Å²) in [7, 11) is -3.63. The number of non-ortho nitro benzene ring substituents is 1. The molecule has 0 saturated heterocycles. The Hall–Kier alpha value is -2.78. The molecule has 2 aromatic carbocycles. The third kappa shape index (κ3) is 5.87. The summed E-state index contributed by atoms with van der Waals surface area (Å²) >= 11 is 0. The Kier molecular flexibility index (Phi) is 6.65. The van der Waals surface area contributed by atoms with Gasteiger partial charge >= 0.3 is 0 Å². The lowest BCUT2D eigenvalue weighted by Gasteiger charge is -2.09. The van der Waals surface area contributed by atoms with Crippen LogP contribution in [0, 0.1) is 24.0 Å². The zero-order valence-electron chi connectivity index (χ0n) is 15.1. The Morgan fingerprint density at radius 2 is 1.85 bits per heavy atom. The summed E-state index contributed by atoms with van der Waals surface area (Å²) < 4.78 is 27.0. The molecule has 0 fully saturated rings. The molecule has 0 aliphatic rings. The quantitative estimate of drug-likeness (QED) is 0.407. The maximum Gasteiger partial charge on any atom is 0.271 e. The Morgan fingerprint density at radius 3 is 2.52 bits per heavy atom. The van der Waals surface area contributed by atoms with E-state index in [-0.39, 0.29) is 29.5 Å². The van der Waals surface area contributed by atoms with Crippen LogP contribution in [0.2, 0.25) is 0 Å². The van der Waals surface area contributed by atoms with Gasteiger partial charge in [-0.1, -0.05) is 12.1 Å². The first kappa shape index (κ1) is 20.5. The number of hydrogen-bond acceptors (Lipinski definition) is 5. The number of nitrogens with zero attached hydrogens (tertiary/aromatic N) is 1. The molecule has 0 aliphatic heterocycles. The second kappa shape index (κ2) is 8.74. The SMILES string of the molecule is Cc1ccc(S(=O)(=O)NCCCC(=O)Nc2cccc([N+](=O)[O-])c2)cc1C. The van der Waals surface area contributed by atoms with Gasteiger partial charge in [0.25, 0.3) is 5.69 Å². The fraction of sp³-hybridized carbons (Fsp3) is 0.278. The minimum Gasteiger partial charge on any atom is -0.326 e. The van der Waals surface area contributed by atoms with Crippen LogP contribution in [0.3, 0.4) is 0 Å². The molecule has 144 valence electrons. The van der Waals surface area contributed by atoms with Gasteiger partial charge in [-0.3, -0.25) is 14.9 Å². The third-order valence-corrected chi connectivity index (χ3v) is 5.46. The van der Waals surface area contributed by atoms with Gasteiger partial charge in [-0.15, -0.1) is 0 Å². The molecule has 9 heteroatoms. The highest BCUT2D eigenvalue weighted by atomic mass is 32.2. The predicted molar refractivity (Wildman–Crippen MR) is 102 cm³/mol. The predicted octanol–water partition coefficient (Wildman–Crippen LogP) is 2.91. The van der Waals surface area contributed by atoms with Crippen molar-refractivity contribution in [1.29, 1.82) is 0 Å². The lowest BCUT2D eigenvalue weighted by molar-refractivity contribution is -0.384. The molecule has 0 heterocycles. The number of nitro benzene ring substituents is 1. The Morgan fingerprint density at radius 1 is 1.11 bits per heavy atom. The molecule has 8 nitrogen and oxygen atoms in total. The molecule has 0 atom stereocenters. The monoisotopic (exact) mass is 391 g/mol. The van der Waals surface area contributed by atoms with Crippen LogP contribution in [0.25, 0.3) is 0 Å². The summed E-state index contributed by atoms with van der Waals surface area (Å²) in [5.41, 5.74) is 2.10. The molecular weight excluding hydrogens is 370 g/mol. The van der Waals surface area contributed by atoms with E-state index >= 15 is 0 Å². The number of hydrogen-bond donors (Lipinski definition) is 2. The van der Waals surface area contributed by atoms with Crippen LogP contribution >= 0.6 is 0 Å². The molecule has 0 unspecified atom stereocenters. The third-order valence-electron chi connectivity index (χ3n) is 4.00. The van der Waals surface area contributed by atoms with Crippen molar-refractivity contribution in [2.75, 3.05) is 11.9 Å². The summed E-state index contributed by atoms with van der Waals surface area (Å²) in [6.07, 6.45) is 0.378. The Balaban J connectivity index is 1.83. The average Bonchev–Trinajstić information content (AvgIpc) is 2.61. The van der Waals surface area contributed by atoms with Crippen molar-refractivity contribution in [3.63, 3.8) is 0 Å². The van der Waals surface area contributed by atoms with E-state index < -0.39 is 14.9 Å². The van der Waals surface area contributed by atoms with Crippen molar-refractivity contribution < 1.29 is 18.1 Å². The minimum absolute atomic E-state index is 0.0815. The van der Waals surface area contributed by atoms with E-state index in [4.69, 9.17) is 0 Å². The van der Waals surface area contributed by atoms with Crippen LogP contribution in [-0.2, 0) is 14.8 Å². The molecule has 2 aromatic rings. The number of carbonyl (C=O) groups excluding carboxylic acids is 1. The van der Waals surface area contributed by atoms with Gasteiger partial charge in [0.15, 0.2) is 0 Å². The smallest absolute Gasteiger partial charge is 0.271 e. The van der Waals surface area contributed by atoms with E-state index in [9.17, 15) is 23.3 Å². The summed E-state index contributed by atoms with van der Waals surface area (Å²) in [6.45, 7) is 3.85. The van der Waals surface area contributed by atoms with Crippen LogP contribution in [0.1, 0.15) is 24.0 Å². The molecule has 2 N–H and O–H groups in total. The second-order valence-corrected chi connectivity index (χ2v) is 7.87. The van der Waals surface area contributed by atoms with Crippen molar-refractivity contribution in [3.05, 3.63) is 63.7 Å². The normalized spacial score (nSPS) is 11.2. The molecule has 0 aromatic heterocycles. The standard InChI is InChI=1S/C18H21N3O5S/c1-13-8-9-17(11-14(13)2)27(25,26)19-10-4-7-18(22)20-15-5-3-6-16(12-15)21(23)24/h3,5-6,8-9,11-12,19H,4,7,10H2,1-2H3,(H,20,22). The van der Waals surface area contributed by atoms with Gasteiger partial charge in [0, 0.05) is 30.8 Å². The van der Waals surface area contributed by atoms with E-state index in [1.54, 1.807) is 24.3 Å². The fourth-order valence-corrected chi connectivity index (χ4v) is 3.50. The van der Waals surface area contributed by atoms with Gasteiger partial charge in [-0.25, -0.2) is 13.1 Å². The van der Waals surface area contributed by atoms with E-state index in [0.29, 0.717) is 12.1 Å². The maximum atomic E-state index is 12.3. The van der Waals surface area contributed by atoms with Crippen LogP contribution in [0.5, 0.6) is 0 Å². The molecule has 2 rings (SSSR count). The highest BCUT2D eigenvalue weighted by molar-refractivity contribution is 7.89. The van der Waals surface area contributed by atoms with Gasteiger partial charge in [-0.05, 0) is 49.6 Å². The number of benzene rings is 2. The minimum atomic E-state index is -3.63. The van der Waals surface area contributed by atoms with E-state index in [2.05, 4.69) is 10.0 Å². The average molecular weight is 391 g/mol. The maximum absolute atomic E-state index is 12.3. The van der Waals surface area contributed by atoms with Gasteiger partial charge in [0.1, 0.15) is 0 Å². The zero-order valence-corrected chi connectivity index (χ0v) is 15.9. The van der Waals surface area contributed by atoms with E-state index in [1.165, 1.54) is 18.2 Å². The number of anilines is 1. The van der Waals surface area contributed by atoms with Crippen molar-refractivity contribution in [2.24, 2.45) is 0 Å². The molecule has 0 radical (unpaired) electrons. The number of carbonyl (C=O) groups is 1. The number of sulfonamides is 1. The Bertz CT molecular complexity index is 957. The number of nitrogens with one attached hydrogen (secondary N) is 2. The van der Waals surface area contributed by atoms with Crippen LogP contribution in [0.4, 0.5) is 11.4 Å². The number of amides is 1. The van der Waals surface area contributed by atoms with Crippen LogP contribution < -0.4 is 10.0 Å². The summed E-state index contributed by atoms with van der Waals surface area (Å²) in [4.78, 5) is 22.3. The highest BCUT2D eigenvalue weighted by Gasteiger charge is 2.14. The number of aryl methyl sites for hydroxylation is 2. The molecule has 0 saturated carbocycles. The summed E-state index contributed by atoms with van der Waals surface area (Å²) in [5.74, 6) is -0.346. The molecule has 27 heavy (non-hydrogen) atoms. The molecule has 0 aliphatic carbocycles. The molecule has 1 amide bonds. The van der Waals surface area contributed by atoms with E-state index in [0.717, 1.165) is 11.1 Å². The largest absolute Gasteiger partial charge is 0.326 e. The lowest BCUT2D eigenvalue weighted by Crippen LogP contribution is -2.26. The van der Waals surface area contributed by atoms with Gasteiger partial charge in [0.2, 0.25) is 15.9 Å². The van der Waals surface area contributed by atoms with Crippen LogP contribution in [0.15, 0.2) is 47.4 Å². The van der Waals surface area contributed by atoms with Crippen molar-refractivity contribution in [2.45, 2.75) is 31.6 Å². The number of nitro groups is 1. The van der Waals surface area contributed by atoms with Crippen molar-refractivity contribution >= 4 is 27.3 Å². The highest BCUT2D eigenvalue weighted by Crippen LogP contribution is 2.17. The van der Waals surface area contributed by atoms with Gasteiger partial charge in [0.05, 0.1) is 9.82 Å². The topological polar surface area (TPSA) is 118 Å². The molecule has 0 bridgehead atoms. The lowest BCUT2D eigenvalue weighted by atomic mass is 10.1. The summed E-state index contributed by atoms with van der Waals surface area (Å²) in [5, 5.41) is 13.3. The first-order valence-electron chi connectivity index (χ1n) is 8.30. The second-order valence-electron chi connectivity index (χ2n) is 6.10. The first-order valence-corrected chi connectivity index (χ1v) is 9.78. The van der Waals surface area contributed by atoms with Gasteiger partial charge in [-0.2, -0.15) is 0 Å². The molecular formula is C18H21N3O5S. The molecule has 0 spiro atoms. The Labute approximate surface area is 157 Å². The fourth-order valence-electron chi connectivity index (χ4n) is 2.34. The van der Waals surface area contributed by atoms with Crippen LogP contribution in [-0.4, -0.2) is 25.8 Å². The van der Waals surface area contributed by atoms with Crippen molar-refractivity contribution in [3.8, 4) is 0 Å². The zero-order chi connectivity index (χ0) is 20.0. The van der Waals surface area contributed by atoms with E-state index in [1.807, 2.05) is 13.8 Å². The summed E-state index contributed by atoms with van der Waals surface area (Å²) in [6, 6.07) is 10.5. The first-order chi connectivity index (χ1) is 12.7.